The Morgan fingerprint density at radius 2 is 2.10 bits per heavy atom. The standard InChI is InChI=1S/C12H12ClN3O3S2/c13-8-5-7(6-14-11(8)17)21(18,19)16-12-15-9-3-1-2-4-10(9)20-12/h5-6H,1-4H2,(H,14,17)(H,15,16). The molecule has 21 heavy (non-hydrogen) atoms. The van der Waals surface area contributed by atoms with Crippen LogP contribution in [0.15, 0.2) is 22.0 Å². The van der Waals surface area contributed by atoms with Gasteiger partial charge < -0.3 is 4.98 Å². The third kappa shape index (κ3) is 2.97. The van der Waals surface area contributed by atoms with Crippen molar-refractivity contribution in [2.45, 2.75) is 30.6 Å². The molecule has 0 aromatic carbocycles. The van der Waals surface area contributed by atoms with Crippen LogP contribution < -0.4 is 10.3 Å². The minimum absolute atomic E-state index is 0.0970. The van der Waals surface area contributed by atoms with Crippen molar-refractivity contribution in [1.82, 2.24) is 9.97 Å². The second-order valence-electron chi connectivity index (χ2n) is 4.71. The van der Waals surface area contributed by atoms with Gasteiger partial charge in [0.15, 0.2) is 5.13 Å². The second-order valence-corrected chi connectivity index (χ2v) is 7.89. The van der Waals surface area contributed by atoms with Crippen LogP contribution in [0.3, 0.4) is 0 Å². The normalized spacial score (nSPS) is 14.7. The van der Waals surface area contributed by atoms with Gasteiger partial charge in [0.05, 0.1) is 5.69 Å². The molecule has 0 unspecified atom stereocenters. The number of hydrogen-bond acceptors (Lipinski definition) is 5. The second kappa shape index (κ2) is 5.43. The molecule has 0 saturated carbocycles. The highest BCUT2D eigenvalue weighted by molar-refractivity contribution is 7.93. The molecule has 0 atom stereocenters. The molecule has 1 aliphatic carbocycles. The van der Waals surface area contributed by atoms with Gasteiger partial charge >= 0.3 is 0 Å². The van der Waals surface area contributed by atoms with Crippen molar-refractivity contribution in [3.05, 3.63) is 38.2 Å². The summed E-state index contributed by atoms with van der Waals surface area (Å²) in [4.78, 5) is 18.8. The summed E-state index contributed by atoms with van der Waals surface area (Å²) < 4.78 is 26.9. The van der Waals surface area contributed by atoms with E-state index < -0.39 is 15.6 Å². The molecule has 6 nitrogen and oxygen atoms in total. The summed E-state index contributed by atoms with van der Waals surface area (Å²) in [6.07, 6.45) is 5.14. The fraction of sp³-hybridized carbons (Fsp3) is 0.333. The molecule has 0 amide bonds. The van der Waals surface area contributed by atoms with E-state index in [1.165, 1.54) is 11.3 Å². The van der Waals surface area contributed by atoms with Crippen molar-refractivity contribution in [3.63, 3.8) is 0 Å². The Balaban J connectivity index is 1.90. The lowest BCUT2D eigenvalue weighted by atomic mass is 10.0. The van der Waals surface area contributed by atoms with Crippen LogP contribution in [0.5, 0.6) is 0 Å². The van der Waals surface area contributed by atoms with Gasteiger partial charge in [-0.3, -0.25) is 9.52 Å². The van der Waals surface area contributed by atoms with Crippen LogP contribution >= 0.6 is 22.9 Å². The van der Waals surface area contributed by atoms with Crippen LogP contribution in [-0.2, 0) is 22.9 Å². The van der Waals surface area contributed by atoms with Crippen molar-refractivity contribution in [2.24, 2.45) is 0 Å². The summed E-state index contributed by atoms with van der Waals surface area (Å²) in [7, 11) is -3.81. The molecule has 112 valence electrons. The van der Waals surface area contributed by atoms with Crippen molar-refractivity contribution < 1.29 is 8.42 Å². The van der Waals surface area contributed by atoms with Gasteiger partial charge in [-0.2, -0.15) is 0 Å². The highest BCUT2D eigenvalue weighted by Crippen LogP contribution is 2.30. The Morgan fingerprint density at radius 1 is 1.33 bits per heavy atom. The molecule has 9 heteroatoms. The molecule has 2 heterocycles. The largest absolute Gasteiger partial charge is 0.326 e. The highest BCUT2D eigenvalue weighted by atomic mass is 35.5. The lowest BCUT2D eigenvalue weighted by Gasteiger charge is -2.06. The number of aromatic nitrogens is 2. The lowest BCUT2D eigenvalue weighted by molar-refractivity contribution is 0.600. The number of aryl methyl sites for hydroxylation is 2. The fourth-order valence-corrected chi connectivity index (χ4v) is 4.68. The van der Waals surface area contributed by atoms with Crippen LogP contribution in [0, 0.1) is 0 Å². The third-order valence-corrected chi connectivity index (χ3v) is 6.01. The Hall–Kier alpha value is -1.38. The van der Waals surface area contributed by atoms with E-state index >= 15 is 0 Å². The number of aromatic amines is 1. The van der Waals surface area contributed by atoms with Crippen LogP contribution in [0.2, 0.25) is 5.02 Å². The van der Waals surface area contributed by atoms with E-state index in [9.17, 15) is 13.2 Å². The summed E-state index contributed by atoms with van der Waals surface area (Å²) in [6, 6.07) is 1.12. The summed E-state index contributed by atoms with van der Waals surface area (Å²) in [6.45, 7) is 0. The van der Waals surface area contributed by atoms with Gasteiger partial charge in [0.25, 0.3) is 15.6 Å². The molecular weight excluding hydrogens is 334 g/mol. The van der Waals surface area contributed by atoms with Gasteiger partial charge in [0.1, 0.15) is 9.92 Å². The molecule has 2 aromatic rings. The molecule has 0 spiro atoms. The zero-order chi connectivity index (χ0) is 15.0. The summed E-state index contributed by atoms with van der Waals surface area (Å²) in [5.41, 5.74) is 0.448. The topological polar surface area (TPSA) is 91.9 Å². The Bertz CT molecular complexity index is 818. The van der Waals surface area contributed by atoms with Crippen LogP contribution in [-0.4, -0.2) is 18.4 Å². The zero-order valence-corrected chi connectivity index (χ0v) is 13.2. The Morgan fingerprint density at radius 3 is 2.81 bits per heavy atom. The third-order valence-electron chi connectivity index (χ3n) is 3.21. The number of fused-ring (bicyclic) bond motifs is 1. The van der Waals surface area contributed by atoms with E-state index in [2.05, 4.69) is 14.7 Å². The van der Waals surface area contributed by atoms with Gasteiger partial charge in [-0.15, -0.1) is 11.3 Å². The number of nitrogens with zero attached hydrogens (tertiary/aromatic N) is 1. The first-order valence-electron chi connectivity index (χ1n) is 6.35. The molecular formula is C12H12ClN3O3S2. The summed E-state index contributed by atoms with van der Waals surface area (Å²) in [5.74, 6) is 0. The predicted molar refractivity (Wildman–Crippen MR) is 81.6 cm³/mol. The molecule has 1 aliphatic rings. The van der Waals surface area contributed by atoms with Gasteiger partial charge in [0.2, 0.25) is 0 Å². The monoisotopic (exact) mass is 345 g/mol. The number of nitrogens with one attached hydrogen (secondary N) is 2. The summed E-state index contributed by atoms with van der Waals surface area (Å²) in [5, 5.41) is 0.181. The van der Waals surface area contributed by atoms with Crippen molar-refractivity contribution in [2.75, 3.05) is 4.72 Å². The van der Waals surface area contributed by atoms with E-state index in [-0.39, 0.29) is 9.92 Å². The van der Waals surface area contributed by atoms with Crippen molar-refractivity contribution in [3.8, 4) is 0 Å². The first kappa shape index (κ1) is 14.6. The molecule has 3 rings (SSSR count). The lowest BCUT2D eigenvalue weighted by Crippen LogP contribution is -2.16. The number of anilines is 1. The number of thiazole rings is 1. The Kier molecular flexibility index (Phi) is 3.76. The molecule has 0 radical (unpaired) electrons. The minimum Gasteiger partial charge on any atom is -0.326 e. The molecule has 2 N–H and O–H groups in total. The minimum atomic E-state index is -3.81. The zero-order valence-electron chi connectivity index (χ0n) is 10.8. The first-order valence-corrected chi connectivity index (χ1v) is 9.03. The maximum absolute atomic E-state index is 12.3. The van der Waals surface area contributed by atoms with E-state index in [1.54, 1.807) is 0 Å². The molecule has 0 saturated heterocycles. The summed E-state index contributed by atoms with van der Waals surface area (Å²) >= 11 is 7.01. The van der Waals surface area contributed by atoms with E-state index in [4.69, 9.17) is 11.6 Å². The van der Waals surface area contributed by atoms with Gasteiger partial charge in [-0.05, 0) is 31.7 Å². The molecule has 2 aromatic heterocycles. The number of pyridine rings is 1. The Labute approximate surface area is 130 Å². The van der Waals surface area contributed by atoms with Gasteiger partial charge in [0, 0.05) is 11.1 Å². The fourth-order valence-electron chi connectivity index (χ4n) is 2.16. The van der Waals surface area contributed by atoms with Crippen molar-refractivity contribution in [1.29, 1.82) is 0 Å². The number of rotatable bonds is 3. The van der Waals surface area contributed by atoms with Gasteiger partial charge in [-0.1, -0.05) is 11.6 Å². The highest BCUT2D eigenvalue weighted by Gasteiger charge is 2.20. The first-order chi connectivity index (χ1) is 9.95. The van der Waals surface area contributed by atoms with E-state index in [0.717, 1.165) is 48.5 Å². The maximum atomic E-state index is 12.3. The maximum Gasteiger partial charge on any atom is 0.266 e. The quantitative estimate of drug-likeness (QED) is 0.891. The number of sulfonamides is 1. The smallest absolute Gasteiger partial charge is 0.266 e. The van der Waals surface area contributed by atoms with E-state index in [1.807, 2.05) is 0 Å². The van der Waals surface area contributed by atoms with Crippen LogP contribution in [0.4, 0.5) is 5.13 Å². The molecule has 0 aliphatic heterocycles. The number of hydrogen-bond donors (Lipinski definition) is 2. The van der Waals surface area contributed by atoms with Crippen LogP contribution in [0.25, 0.3) is 0 Å². The molecule has 0 bridgehead atoms. The molecule has 0 fully saturated rings. The number of halogens is 1. The van der Waals surface area contributed by atoms with Crippen molar-refractivity contribution >= 4 is 38.1 Å². The number of H-pyrrole nitrogens is 1. The van der Waals surface area contributed by atoms with Crippen LogP contribution in [0.1, 0.15) is 23.4 Å². The SMILES string of the molecule is O=c1[nH]cc(S(=O)(=O)Nc2nc3c(s2)CCCC3)cc1Cl. The average Bonchev–Trinajstić information content (AvgIpc) is 2.82. The van der Waals surface area contributed by atoms with E-state index in [0.29, 0.717) is 5.13 Å². The van der Waals surface area contributed by atoms with Gasteiger partial charge in [-0.25, -0.2) is 13.4 Å². The predicted octanol–water partition coefficient (Wildman–Crippen LogP) is 2.16. The average molecular weight is 346 g/mol.